The van der Waals surface area contributed by atoms with Crippen molar-refractivity contribution < 1.29 is 14.6 Å². The van der Waals surface area contributed by atoms with Crippen molar-refractivity contribution in [2.24, 2.45) is 0 Å². The van der Waals surface area contributed by atoms with Gasteiger partial charge in [-0.15, -0.1) is 11.3 Å². The molecule has 0 aromatic carbocycles. The zero-order valence-corrected chi connectivity index (χ0v) is 11.9. The fraction of sp³-hybridized carbons (Fsp3) is 0.667. The Morgan fingerprint density at radius 1 is 1.56 bits per heavy atom. The summed E-state index contributed by atoms with van der Waals surface area (Å²) in [4.78, 5) is 17.9. The molecule has 0 spiro atoms. The van der Waals surface area contributed by atoms with Crippen LogP contribution in [0, 0.1) is 0 Å². The Bertz CT molecular complexity index is 393. The van der Waals surface area contributed by atoms with Crippen LogP contribution < -0.4 is 0 Å². The van der Waals surface area contributed by atoms with Crippen molar-refractivity contribution in [3.63, 3.8) is 0 Å². The average Bonchev–Trinajstić information content (AvgIpc) is 2.70. The van der Waals surface area contributed by atoms with E-state index in [9.17, 15) is 4.79 Å². The van der Waals surface area contributed by atoms with Crippen LogP contribution in [0.2, 0.25) is 0 Å². The summed E-state index contributed by atoms with van der Waals surface area (Å²) >= 11 is 1.24. The van der Waals surface area contributed by atoms with Crippen molar-refractivity contribution in [1.82, 2.24) is 9.88 Å². The molecule has 1 rings (SSSR count). The number of rotatable bonds is 8. The molecule has 102 valence electrons. The molecule has 0 aliphatic heterocycles. The van der Waals surface area contributed by atoms with Crippen LogP contribution in [0.5, 0.6) is 0 Å². The molecule has 0 saturated heterocycles. The highest BCUT2D eigenvalue weighted by Gasteiger charge is 2.17. The fourth-order valence-electron chi connectivity index (χ4n) is 1.61. The first-order chi connectivity index (χ1) is 8.58. The Morgan fingerprint density at radius 2 is 2.28 bits per heavy atom. The van der Waals surface area contributed by atoms with Crippen molar-refractivity contribution in [2.45, 2.75) is 32.9 Å². The molecule has 1 aromatic heterocycles. The van der Waals surface area contributed by atoms with E-state index in [1.807, 2.05) is 7.05 Å². The van der Waals surface area contributed by atoms with Gasteiger partial charge in [-0.05, 0) is 20.0 Å². The van der Waals surface area contributed by atoms with Gasteiger partial charge in [0.15, 0.2) is 0 Å². The molecule has 6 heteroatoms. The summed E-state index contributed by atoms with van der Waals surface area (Å²) < 4.78 is 4.97. The molecule has 0 unspecified atom stereocenters. The molecule has 1 heterocycles. The van der Waals surface area contributed by atoms with E-state index in [1.54, 1.807) is 0 Å². The highest BCUT2D eigenvalue weighted by molar-refractivity contribution is 7.13. The minimum atomic E-state index is -0.929. The van der Waals surface area contributed by atoms with Crippen LogP contribution in [0.15, 0.2) is 0 Å². The maximum atomic E-state index is 11.1. The number of carboxylic acids is 1. The Balaban J connectivity index is 2.71. The SMILES string of the molecule is CCCCN(C)Cc1nc(COC)c(C(=O)O)s1. The molecular formula is C12H20N2O3S. The van der Waals surface area contributed by atoms with Crippen LogP contribution in [0.25, 0.3) is 0 Å². The van der Waals surface area contributed by atoms with Gasteiger partial charge in [0, 0.05) is 7.11 Å². The van der Waals surface area contributed by atoms with E-state index in [4.69, 9.17) is 9.84 Å². The van der Waals surface area contributed by atoms with Gasteiger partial charge < -0.3 is 9.84 Å². The molecule has 0 aliphatic rings. The standard InChI is InChI=1S/C12H20N2O3S/c1-4-5-6-14(2)7-10-13-9(8-17-3)11(18-10)12(15)16/h4-8H2,1-3H3,(H,15,16). The molecule has 0 aliphatic carbocycles. The normalized spacial score (nSPS) is 11.1. The lowest BCUT2D eigenvalue weighted by Gasteiger charge is -2.13. The van der Waals surface area contributed by atoms with Gasteiger partial charge in [0.2, 0.25) is 0 Å². The monoisotopic (exact) mass is 272 g/mol. The van der Waals surface area contributed by atoms with E-state index in [-0.39, 0.29) is 11.5 Å². The van der Waals surface area contributed by atoms with Gasteiger partial charge >= 0.3 is 5.97 Å². The van der Waals surface area contributed by atoms with Gasteiger partial charge in [-0.25, -0.2) is 9.78 Å². The first-order valence-corrected chi connectivity index (χ1v) is 6.79. The number of carbonyl (C=O) groups is 1. The van der Waals surface area contributed by atoms with Crippen molar-refractivity contribution in [2.75, 3.05) is 20.7 Å². The summed E-state index contributed by atoms with van der Waals surface area (Å²) in [5.41, 5.74) is 0.522. The molecule has 0 fully saturated rings. The highest BCUT2D eigenvalue weighted by Crippen LogP contribution is 2.20. The van der Waals surface area contributed by atoms with E-state index in [0.29, 0.717) is 12.2 Å². The van der Waals surface area contributed by atoms with E-state index in [0.717, 1.165) is 24.4 Å². The molecular weight excluding hydrogens is 252 g/mol. The molecule has 5 nitrogen and oxygen atoms in total. The summed E-state index contributed by atoms with van der Waals surface area (Å²) in [6.45, 7) is 4.08. The van der Waals surface area contributed by atoms with Gasteiger partial charge in [0.05, 0.1) is 18.8 Å². The zero-order chi connectivity index (χ0) is 13.5. The lowest BCUT2D eigenvalue weighted by molar-refractivity contribution is 0.0697. The van der Waals surface area contributed by atoms with Crippen LogP contribution in [-0.2, 0) is 17.9 Å². The number of ether oxygens (including phenoxy) is 1. The van der Waals surface area contributed by atoms with E-state index < -0.39 is 5.97 Å². The van der Waals surface area contributed by atoms with Crippen LogP contribution >= 0.6 is 11.3 Å². The molecule has 0 amide bonds. The number of aromatic nitrogens is 1. The highest BCUT2D eigenvalue weighted by atomic mass is 32.1. The molecule has 18 heavy (non-hydrogen) atoms. The molecule has 0 atom stereocenters. The van der Waals surface area contributed by atoms with E-state index in [1.165, 1.54) is 18.4 Å². The number of thiazole rings is 1. The Kier molecular flexibility index (Phi) is 6.24. The van der Waals surface area contributed by atoms with Gasteiger partial charge in [-0.2, -0.15) is 0 Å². The first kappa shape index (κ1) is 15.1. The maximum Gasteiger partial charge on any atom is 0.347 e. The van der Waals surface area contributed by atoms with Gasteiger partial charge in [-0.3, -0.25) is 4.90 Å². The van der Waals surface area contributed by atoms with E-state index in [2.05, 4.69) is 16.8 Å². The average molecular weight is 272 g/mol. The molecule has 0 radical (unpaired) electrons. The number of aromatic carboxylic acids is 1. The smallest absolute Gasteiger partial charge is 0.347 e. The second-order valence-electron chi connectivity index (χ2n) is 4.21. The summed E-state index contributed by atoms with van der Waals surface area (Å²) in [7, 11) is 3.56. The third-order valence-corrected chi connectivity index (χ3v) is 3.59. The van der Waals surface area contributed by atoms with Crippen LogP contribution in [-0.4, -0.2) is 41.7 Å². The summed E-state index contributed by atoms with van der Waals surface area (Å²) in [6.07, 6.45) is 2.29. The quantitative estimate of drug-likeness (QED) is 0.786. The van der Waals surface area contributed by atoms with Crippen molar-refractivity contribution >= 4 is 17.3 Å². The Labute approximate surface area is 111 Å². The maximum absolute atomic E-state index is 11.1. The summed E-state index contributed by atoms with van der Waals surface area (Å²) in [5, 5.41) is 9.91. The van der Waals surface area contributed by atoms with Crippen molar-refractivity contribution in [3.8, 4) is 0 Å². The predicted molar refractivity (Wildman–Crippen MR) is 71.0 cm³/mol. The summed E-state index contributed by atoms with van der Waals surface area (Å²) in [5.74, 6) is -0.929. The zero-order valence-electron chi connectivity index (χ0n) is 11.1. The second kappa shape index (κ2) is 7.45. The van der Waals surface area contributed by atoms with Gasteiger partial charge in [0.1, 0.15) is 9.88 Å². The van der Waals surface area contributed by atoms with Gasteiger partial charge in [0.25, 0.3) is 0 Å². The molecule has 1 N–H and O–H groups in total. The van der Waals surface area contributed by atoms with Crippen LogP contribution in [0.1, 0.15) is 40.1 Å². The van der Waals surface area contributed by atoms with Crippen molar-refractivity contribution in [3.05, 3.63) is 15.6 Å². The molecule has 0 saturated carbocycles. The number of carboxylic acid groups (broad SMARTS) is 1. The Morgan fingerprint density at radius 3 is 2.83 bits per heavy atom. The topological polar surface area (TPSA) is 62.7 Å². The fourth-order valence-corrected chi connectivity index (χ4v) is 2.59. The third kappa shape index (κ3) is 4.36. The first-order valence-electron chi connectivity index (χ1n) is 5.97. The minimum Gasteiger partial charge on any atom is -0.477 e. The Hall–Kier alpha value is -0.980. The van der Waals surface area contributed by atoms with Gasteiger partial charge in [-0.1, -0.05) is 13.3 Å². The number of unbranched alkanes of at least 4 members (excludes halogenated alkanes) is 1. The predicted octanol–water partition coefficient (Wildman–Crippen LogP) is 2.22. The van der Waals surface area contributed by atoms with Crippen molar-refractivity contribution in [1.29, 1.82) is 0 Å². The number of nitrogens with zero attached hydrogens (tertiary/aromatic N) is 2. The third-order valence-electron chi connectivity index (χ3n) is 2.52. The second-order valence-corrected chi connectivity index (χ2v) is 5.30. The lowest BCUT2D eigenvalue weighted by Crippen LogP contribution is -2.18. The minimum absolute atomic E-state index is 0.247. The summed E-state index contributed by atoms with van der Waals surface area (Å²) in [6, 6.07) is 0. The van der Waals surface area contributed by atoms with E-state index >= 15 is 0 Å². The van der Waals surface area contributed by atoms with Crippen LogP contribution in [0.3, 0.4) is 0 Å². The number of hydrogen-bond acceptors (Lipinski definition) is 5. The largest absolute Gasteiger partial charge is 0.477 e. The molecule has 1 aromatic rings. The number of methoxy groups -OCH3 is 1. The lowest BCUT2D eigenvalue weighted by atomic mass is 10.3. The molecule has 0 bridgehead atoms. The number of hydrogen-bond donors (Lipinski definition) is 1. The van der Waals surface area contributed by atoms with Crippen LogP contribution in [0.4, 0.5) is 0 Å².